The number of ether oxygens (including phenoxy) is 1. The third-order valence-corrected chi connectivity index (χ3v) is 2.66. The van der Waals surface area contributed by atoms with Crippen molar-refractivity contribution in [2.75, 3.05) is 7.11 Å². The van der Waals surface area contributed by atoms with Crippen LogP contribution in [0.15, 0.2) is 18.2 Å². The fourth-order valence-electron chi connectivity index (χ4n) is 1.68. The summed E-state index contributed by atoms with van der Waals surface area (Å²) in [6.45, 7) is 1.85. The predicted molar refractivity (Wildman–Crippen MR) is 65.6 cm³/mol. The second-order valence-electron chi connectivity index (χ2n) is 3.87. The standard InChI is InChI=1S/C12H15FN2O3/c1-3-12(18-2)11(14)7-8-6-9(15(16)17)4-5-10(8)13/h4-6,12,14H,3,7H2,1-2H3/t12-/m0/s1. The molecule has 18 heavy (non-hydrogen) atoms. The van der Waals surface area contributed by atoms with Crippen LogP contribution >= 0.6 is 0 Å². The number of hydrogen-bond acceptors (Lipinski definition) is 4. The van der Waals surface area contributed by atoms with Gasteiger partial charge in [0.2, 0.25) is 0 Å². The second-order valence-corrected chi connectivity index (χ2v) is 3.87. The summed E-state index contributed by atoms with van der Waals surface area (Å²) in [6.07, 6.45) is 0.231. The maximum Gasteiger partial charge on any atom is 0.269 e. The van der Waals surface area contributed by atoms with Crippen LogP contribution in [0.2, 0.25) is 0 Å². The van der Waals surface area contributed by atoms with Crippen molar-refractivity contribution in [2.45, 2.75) is 25.9 Å². The molecule has 98 valence electrons. The molecule has 0 bridgehead atoms. The van der Waals surface area contributed by atoms with E-state index in [2.05, 4.69) is 0 Å². The monoisotopic (exact) mass is 254 g/mol. The molecule has 0 saturated carbocycles. The number of hydrogen-bond donors (Lipinski definition) is 1. The summed E-state index contributed by atoms with van der Waals surface area (Å²) in [5.74, 6) is -0.545. The van der Waals surface area contributed by atoms with E-state index in [9.17, 15) is 14.5 Å². The Kier molecular flexibility index (Phi) is 4.91. The van der Waals surface area contributed by atoms with Gasteiger partial charge in [-0.15, -0.1) is 0 Å². The molecular weight excluding hydrogens is 239 g/mol. The van der Waals surface area contributed by atoms with Gasteiger partial charge in [0, 0.05) is 36.9 Å². The molecule has 1 N–H and O–H groups in total. The van der Waals surface area contributed by atoms with E-state index in [-0.39, 0.29) is 29.5 Å². The molecule has 0 saturated heterocycles. The molecule has 0 aromatic heterocycles. The van der Waals surface area contributed by atoms with Gasteiger partial charge in [0.25, 0.3) is 5.69 Å². The number of non-ortho nitro benzene ring substituents is 1. The summed E-state index contributed by atoms with van der Waals surface area (Å²) in [5, 5.41) is 18.4. The van der Waals surface area contributed by atoms with E-state index < -0.39 is 10.7 Å². The summed E-state index contributed by atoms with van der Waals surface area (Å²) in [4.78, 5) is 10.0. The van der Waals surface area contributed by atoms with E-state index in [0.29, 0.717) is 6.42 Å². The number of halogens is 1. The summed E-state index contributed by atoms with van der Waals surface area (Å²) in [7, 11) is 1.48. The Balaban J connectivity index is 2.93. The molecule has 0 heterocycles. The molecule has 5 nitrogen and oxygen atoms in total. The van der Waals surface area contributed by atoms with Crippen molar-refractivity contribution in [3.63, 3.8) is 0 Å². The van der Waals surface area contributed by atoms with Crippen molar-refractivity contribution < 1.29 is 14.1 Å². The third-order valence-electron chi connectivity index (χ3n) is 2.66. The second kappa shape index (κ2) is 6.20. The molecule has 0 fully saturated rings. The van der Waals surface area contributed by atoms with Gasteiger partial charge in [0.1, 0.15) is 5.82 Å². The van der Waals surface area contributed by atoms with Crippen molar-refractivity contribution >= 4 is 11.4 Å². The lowest BCUT2D eigenvalue weighted by atomic mass is 10.0. The normalized spacial score (nSPS) is 12.2. The topological polar surface area (TPSA) is 76.2 Å². The van der Waals surface area contributed by atoms with Crippen LogP contribution in [-0.4, -0.2) is 23.8 Å². The van der Waals surface area contributed by atoms with Crippen LogP contribution in [0, 0.1) is 21.3 Å². The van der Waals surface area contributed by atoms with Gasteiger partial charge in [-0.25, -0.2) is 4.39 Å². The number of nitrogens with one attached hydrogen (secondary N) is 1. The van der Waals surface area contributed by atoms with Crippen LogP contribution in [0.5, 0.6) is 0 Å². The molecule has 0 aliphatic heterocycles. The molecule has 0 aliphatic carbocycles. The van der Waals surface area contributed by atoms with E-state index in [0.717, 1.165) is 18.2 Å². The first-order valence-corrected chi connectivity index (χ1v) is 5.52. The summed E-state index contributed by atoms with van der Waals surface area (Å²) >= 11 is 0. The average Bonchev–Trinajstić information content (AvgIpc) is 2.33. The van der Waals surface area contributed by atoms with Gasteiger partial charge in [-0.3, -0.25) is 10.1 Å². The first kappa shape index (κ1) is 14.2. The van der Waals surface area contributed by atoms with Gasteiger partial charge in [-0.1, -0.05) is 6.92 Å². The van der Waals surface area contributed by atoms with Crippen LogP contribution in [-0.2, 0) is 11.2 Å². The largest absolute Gasteiger partial charge is 0.376 e. The molecule has 0 spiro atoms. The molecule has 0 radical (unpaired) electrons. The molecule has 6 heteroatoms. The summed E-state index contributed by atoms with van der Waals surface area (Å²) in [6, 6.07) is 3.32. The zero-order valence-corrected chi connectivity index (χ0v) is 10.3. The minimum Gasteiger partial charge on any atom is -0.376 e. The fraction of sp³-hybridized carbons (Fsp3) is 0.417. The average molecular weight is 254 g/mol. The number of nitro benzene ring substituents is 1. The van der Waals surface area contributed by atoms with Crippen molar-refractivity contribution in [2.24, 2.45) is 0 Å². The van der Waals surface area contributed by atoms with E-state index in [1.54, 1.807) is 0 Å². The Labute approximate surface area is 104 Å². The zero-order chi connectivity index (χ0) is 13.7. The van der Waals surface area contributed by atoms with Crippen molar-refractivity contribution in [1.82, 2.24) is 0 Å². The third kappa shape index (κ3) is 3.33. The quantitative estimate of drug-likeness (QED) is 0.481. The molecule has 0 amide bonds. The van der Waals surface area contributed by atoms with Gasteiger partial charge >= 0.3 is 0 Å². The minimum absolute atomic E-state index is 0.0137. The summed E-state index contributed by atoms with van der Waals surface area (Å²) in [5.41, 5.74) is 0.175. The molecule has 0 unspecified atom stereocenters. The molecule has 1 atom stereocenters. The number of rotatable bonds is 6. The number of nitrogens with zero attached hydrogens (tertiary/aromatic N) is 1. The zero-order valence-electron chi connectivity index (χ0n) is 10.3. The predicted octanol–water partition coefficient (Wildman–Crippen LogP) is 2.72. The highest BCUT2D eigenvalue weighted by molar-refractivity contribution is 5.88. The Morgan fingerprint density at radius 3 is 2.78 bits per heavy atom. The van der Waals surface area contributed by atoms with Gasteiger partial charge in [-0.05, 0) is 12.5 Å². The first-order valence-electron chi connectivity index (χ1n) is 5.52. The van der Waals surface area contributed by atoms with Crippen LogP contribution in [0.3, 0.4) is 0 Å². The highest BCUT2D eigenvalue weighted by Gasteiger charge is 2.16. The fourth-order valence-corrected chi connectivity index (χ4v) is 1.68. The number of benzene rings is 1. The Morgan fingerprint density at radius 1 is 1.61 bits per heavy atom. The van der Waals surface area contributed by atoms with Crippen molar-refractivity contribution in [1.29, 1.82) is 5.41 Å². The Hall–Kier alpha value is -1.82. The summed E-state index contributed by atoms with van der Waals surface area (Å²) < 4.78 is 18.6. The minimum atomic E-state index is -0.583. The maximum absolute atomic E-state index is 13.5. The van der Waals surface area contributed by atoms with Gasteiger partial charge in [-0.2, -0.15) is 0 Å². The Bertz CT molecular complexity index is 459. The van der Waals surface area contributed by atoms with E-state index in [1.807, 2.05) is 6.92 Å². The molecule has 0 aliphatic rings. The SMILES string of the molecule is CC[C@H](OC)C(=N)Cc1cc([N+](=O)[O-])ccc1F. The highest BCUT2D eigenvalue weighted by atomic mass is 19.1. The lowest BCUT2D eigenvalue weighted by Gasteiger charge is -2.14. The molecule has 1 aromatic carbocycles. The van der Waals surface area contributed by atoms with Crippen LogP contribution in [0.1, 0.15) is 18.9 Å². The van der Waals surface area contributed by atoms with E-state index >= 15 is 0 Å². The van der Waals surface area contributed by atoms with Gasteiger partial charge < -0.3 is 10.1 Å². The lowest BCUT2D eigenvalue weighted by Crippen LogP contribution is -2.23. The number of nitro groups is 1. The van der Waals surface area contributed by atoms with E-state index in [4.69, 9.17) is 10.1 Å². The first-order chi connectivity index (χ1) is 8.49. The maximum atomic E-state index is 13.5. The van der Waals surface area contributed by atoms with Crippen LogP contribution in [0.25, 0.3) is 0 Å². The van der Waals surface area contributed by atoms with Crippen LogP contribution in [0.4, 0.5) is 10.1 Å². The Morgan fingerprint density at radius 2 is 2.28 bits per heavy atom. The van der Waals surface area contributed by atoms with Gasteiger partial charge in [0.15, 0.2) is 0 Å². The lowest BCUT2D eigenvalue weighted by molar-refractivity contribution is -0.385. The van der Waals surface area contributed by atoms with Crippen molar-refractivity contribution in [3.8, 4) is 0 Å². The van der Waals surface area contributed by atoms with Gasteiger partial charge in [0.05, 0.1) is 11.0 Å². The number of methoxy groups -OCH3 is 1. The van der Waals surface area contributed by atoms with Crippen molar-refractivity contribution in [3.05, 3.63) is 39.7 Å². The molecule has 1 rings (SSSR count). The molecular formula is C12H15FN2O3. The smallest absolute Gasteiger partial charge is 0.269 e. The van der Waals surface area contributed by atoms with Crippen LogP contribution < -0.4 is 0 Å². The molecule has 1 aromatic rings. The van der Waals surface area contributed by atoms with E-state index in [1.165, 1.54) is 7.11 Å². The highest BCUT2D eigenvalue weighted by Crippen LogP contribution is 2.18.